The Morgan fingerprint density at radius 3 is 2.47 bits per heavy atom. The molecular weight excluding hydrogens is 582 g/mol. The lowest BCUT2D eigenvalue weighted by Gasteiger charge is -2.25. The summed E-state index contributed by atoms with van der Waals surface area (Å²) in [4.78, 5) is 54.6. The molecule has 226 valence electrons. The average molecular weight is 612 g/mol. The summed E-state index contributed by atoms with van der Waals surface area (Å²) in [6.45, 7) is 5.13. The van der Waals surface area contributed by atoms with Gasteiger partial charge in [0.05, 0.1) is 54.2 Å². The molecule has 1 aromatic heterocycles. The van der Waals surface area contributed by atoms with E-state index in [4.69, 9.17) is 18.9 Å². The molecule has 43 heavy (non-hydrogen) atoms. The van der Waals surface area contributed by atoms with Gasteiger partial charge in [0.15, 0.2) is 28.7 Å². The van der Waals surface area contributed by atoms with Gasteiger partial charge in [-0.1, -0.05) is 23.5 Å². The molecule has 1 aliphatic heterocycles. The number of benzene rings is 2. The summed E-state index contributed by atoms with van der Waals surface area (Å²) < 4.78 is 28.0. The van der Waals surface area contributed by atoms with E-state index in [1.807, 2.05) is 0 Å². The molecule has 0 amide bonds. The number of rotatable bonds is 11. The predicted molar refractivity (Wildman–Crippen MR) is 155 cm³/mol. The highest BCUT2D eigenvalue weighted by atomic mass is 32.1. The van der Waals surface area contributed by atoms with Crippen molar-refractivity contribution in [2.75, 3.05) is 34.0 Å². The van der Waals surface area contributed by atoms with Crippen LogP contribution >= 0.6 is 11.3 Å². The summed E-state index contributed by atoms with van der Waals surface area (Å²) in [6.07, 6.45) is 1.52. The molecule has 14 heteroatoms. The first kappa shape index (κ1) is 31.0. The molecule has 0 N–H and O–H groups in total. The average Bonchev–Trinajstić information content (AvgIpc) is 3.29. The Bertz CT molecular complexity index is 1790. The molecule has 0 spiro atoms. The molecule has 2 heterocycles. The van der Waals surface area contributed by atoms with E-state index in [9.17, 15) is 24.5 Å². The molecule has 13 nitrogen and oxygen atoms in total. The zero-order chi connectivity index (χ0) is 31.3. The Morgan fingerprint density at radius 1 is 1.07 bits per heavy atom. The summed E-state index contributed by atoms with van der Waals surface area (Å²) in [5.74, 6) is -0.582. The largest absolute Gasteiger partial charge is 0.490 e. The van der Waals surface area contributed by atoms with Crippen LogP contribution in [-0.2, 0) is 19.1 Å². The Morgan fingerprint density at radius 2 is 1.81 bits per heavy atom. The summed E-state index contributed by atoms with van der Waals surface area (Å²) in [7, 11) is 2.58. The van der Waals surface area contributed by atoms with Crippen molar-refractivity contribution in [2.24, 2.45) is 4.99 Å². The van der Waals surface area contributed by atoms with Crippen molar-refractivity contribution >= 4 is 35.0 Å². The molecule has 0 saturated carbocycles. The third kappa shape index (κ3) is 6.43. The number of methoxy groups -OCH3 is 2. The zero-order valence-electron chi connectivity index (χ0n) is 24.1. The van der Waals surface area contributed by atoms with Gasteiger partial charge in [0, 0.05) is 6.07 Å². The maximum atomic E-state index is 13.9. The van der Waals surface area contributed by atoms with Crippen LogP contribution in [-0.4, -0.2) is 55.5 Å². The third-order valence-electron chi connectivity index (χ3n) is 6.37. The number of allylic oxidation sites excluding steroid dienone is 1. The molecule has 3 aromatic rings. The number of ether oxygens (including phenoxy) is 5. The van der Waals surface area contributed by atoms with Gasteiger partial charge < -0.3 is 23.7 Å². The number of nitro groups is 1. The molecule has 0 radical (unpaired) electrons. The third-order valence-corrected chi connectivity index (χ3v) is 7.35. The number of hydrogen-bond donors (Lipinski definition) is 0. The number of fused-ring (bicyclic) bond motifs is 1. The number of hydrogen-bond acceptors (Lipinski definition) is 12. The molecule has 0 unspecified atom stereocenters. The predicted octanol–water partition coefficient (Wildman–Crippen LogP) is 2.67. The second kappa shape index (κ2) is 13.3. The lowest BCUT2D eigenvalue weighted by molar-refractivity contribution is -0.385. The van der Waals surface area contributed by atoms with Crippen molar-refractivity contribution in [3.05, 3.63) is 88.6 Å². The van der Waals surface area contributed by atoms with Crippen molar-refractivity contribution < 1.29 is 38.2 Å². The molecule has 1 aliphatic rings. The highest BCUT2D eigenvalue weighted by molar-refractivity contribution is 7.07. The van der Waals surface area contributed by atoms with E-state index in [1.54, 1.807) is 45.0 Å². The van der Waals surface area contributed by atoms with Crippen molar-refractivity contribution in [1.82, 2.24) is 4.57 Å². The molecule has 0 aliphatic carbocycles. The van der Waals surface area contributed by atoms with Crippen LogP contribution in [0.25, 0.3) is 6.08 Å². The number of thiazole rings is 1. The van der Waals surface area contributed by atoms with Crippen molar-refractivity contribution in [3.8, 4) is 17.2 Å². The van der Waals surface area contributed by atoms with Gasteiger partial charge in [-0.05, 0) is 56.2 Å². The Labute approximate surface area is 249 Å². The summed E-state index contributed by atoms with van der Waals surface area (Å²) in [5, 5.41) is 11.5. The smallest absolute Gasteiger partial charge is 0.343 e. The monoisotopic (exact) mass is 611 g/mol. The first-order valence-corrected chi connectivity index (χ1v) is 13.9. The van der Waals surface area contributed by atoms with Crippen molar-refractivity contribution in [3.63, 3.8) is 0 Å². The minimum Gasteiger partial charge on any atom is -0.490 e. The van der Waals surface area contributed by atoms with Gasteiger partial charge in [0.25, 0.3) is 5.56 Å². The fourth-order valence-corrected chi connectivity index (χ4v) is 5.52. The van der Waals surface area contributed by atoms with Crippen LogP contribution < -0.4 is 29.1 Å². The van der Waals surface area contributed by atoms with Crippen LogP contribution in [0, 0.1) is 10.1 Å². The van der Waals surface area contributed by atoms with E-state index in [0.717, 1.165) is 11.3 Å². The second-order valence-corrected chi connectivity index (χ2v) is 10.0. The van der Waals surface area contributed by atoms with Crippen LogP contribution in [0.1, 0.15) is 37.9 Å². The number of nitro benzene ring substituents is 1. The van der Waals surface area contributed by atoms with E-state index in [2.05, 4.69) is 9.73 Å². The summed E-state index contributed by atoms with van der Waals surface area (Å²) in [6, 6.07) is 8.27. The van der Waals surface area contributed by atoms with E-state index >= 15 is 0 Å². The quantitative estimate of drug-likeness (QED) is 0.179. The standard InChI is InChI=1S/C29H29N3O10S/c1-6-40-22-14-18(9-11-21(22)42-15-24(33)39-5)26-25(28(35)41-7-2)16(3)30-29-31(26)27(34)23(43-29)13-17-8-10-20(38-4)19(12-17)32(36)37/h8-14,26H,6-7,15H2,1-5H3/b23-13-/t26-/m1/s1. The minimum absolute atomic E-state index is 0.0856. The van der Waals surface area contributed by atoms with E-state index < -0.39 is 28.5 Å². The SMILES string of the molecule is CCOC(=O)C1=C(C)N=c2s/c(=C\c3ccc(OC)c([N+](=O)[O-])c3)c(=O)n2[C@@H]1c1ccc(OCC(=O)OC)c(OCC)c1. The number of carbonyl (C=O) groups is 2. The molecule has 0 saturated heterocycles. The van der Waals surface area contributed by atoms with Crippen LogP contribution in [0.2, 0.25) is 0 Å². The maximum absolute atomic E-state index is 13.9. The lowest BCUT2D eigenvalue weighted by Crippen LogP contribution is -2.40. The molecular formula is C29H29N3O10S. The Hall–Kier alpha value is -4.98. The lowest BCUT2D eigenvalue weighted by atomic mass is 9.95. The van der Waals surface area contributed by atoms with E-state index in [-0.39, 0.29) is 52.9 Å². The van der Waals surface area contributed by atoms with Crippen molar-refractivity contribution in [1.29, 1.82) is 0 Å². The zero-order valence-corrected chi connectivity index (χ0v) is 24.9. The fraction of sp³-hybridized carbons (Fsp3) is 0.310. The summed E-state index contributed by atoms with van der Waals surface area (Å²) >= 11 is 1.08. The topological polar surface area (TPSA) is 158 Å². The molecule has 1 atom stereocenters. The Kier molecular flexibility index (Phi) is 9.60. The number of esters is 2. The number of aromatic nitrogens is 1. The van der Waals surface area contributed by atoms with Gasteiger partial charge in [-0.15, -0.1) is 0 Å². The number of nitrogens with zero attached hydrogens (tertiary/aromatic N) is 3. The van der Waals surface area contributed by atoms with Crippen LogP contribution in [0.3, 0.4) is 0 Å². The van der Waals surface area contributed by atoms with Gasteiger partial charge in [-0.3, -0.25) is 19.5 Å². The summed E-state index contributed by atoms with van der Waals surface area (Å²) in [5.41, 5.74) is 0.706. The highest BCUT2D eigenvalue weighted by Gasteiger charge is 2.34. The van der Waals surface area contributed by atoms with Gasteiger partial charge >= 0.3 is 17.6 Å². The number of carbonyl (C=O) groups excluding carboxylic acids is 2. The van der Waals surface area contributed by atoms with E-state index in [0.29, 0.717) is 21.6 Å². The fourth-order valence-electron chi connectivity index (χ4n) is 4.48. The van der Waals surface area contributed by atoms with Gasteiger partial charge in [-0.2, -0.15) is 0 Å². The molecule has 0 bridgehead atoms. The Balaban J connectivity index is 1.91. The highest BCUT2D eigenvalue weighted by Crippen LogP contribution is 2.36. The minimum atomic E-state index is -0.948. The molecule has 4 rings (SSSR count). The van der Waals surface area contributed by atoms with Gasteiger partial charge in [0.1, 0.15) is 0 Å². The van der Waals surface area contributed by atoms with Crippen LogP contribution in [0.15, 0.2) is 57.5 Å². The van der Waals surface area contributed by atoms with Crippen molar-refractivity contribution in [2.45, 2.75) is 26.8 Å². The first-order chi connectivity index (χ1) is 20.6. The maximum Gasteiger partial charge on any atom is 0.343 e. The first-order valence-electron chi connectivity index (χ1n) is 13.1. The second-order valence-electron chi connectivity index (χ2n) is 8.99. The van der Waals surface area contributed by atoms with Crippen LogP contribution in [0.4, 0.5) is 5.69 Å². The van der Waals surface area contributed by atoms with Crippen LogP contribution in [0.5, 0.6) is 17.2 Å². The molecule has 0 fully saturated rings. The molecule has 2 aromatic carbocycles. The van der Waals surface area contributed by atoms with Gasteiger partial charge in [-0.25, -0.2) is 14.6 Å². The van der Waals surface area contributed by atoms with Gasteiger partial charge in [0.2, 0.25) is 0 Å². The normalized spacial score (nSPS) is 14.4. The van der Waals surface area contributed by atoms with E-state index in [1.165, 1.54) is 37.0 Å².